The molecular formula is C46H34N2. The van der Waals surface area contributed by atoms with Crippen molar-refractivity contribution in [3.05, 3.63) is 206 Å². The topological polar surface area (TPSA) is 6.48 Å². The molecule has 0 radical (unpaired) electrons. The number of anilines is 6. The van der Waals surface area contributed by atoms with E-state index in [2.05, 4.69) is 216 Å². The summed E-state index contributed by atoms with van der Waals surface area (Å²) in [6, 6.07) is 73.6. The zero-order chi connectivity index (χ0) is 32.1. The molecule has 0 aliphatic rings. The van der Waals surface area contributed by atoms with E-state index in [1.165, 1.54) is 22.1 Å². The molecular weight excluding hydrogens is 581 g/mol. The first-order chi connectivity index (χ1) is 23.8. The molecule has 2 heteroatoms. The van der Waals surface area contributed by atoms with Gasteiger partial charge < -0.3 is 9.80 Å². The maximum Gasteiger partial charge on any atom is 0.0547 e. The van der Waals surface area contributed by atoms with Gasteiger partial charge in [-0.2, -0.15) is 0 Å². The van der Waals surface area contributed by atoms with Crippen LogP contribution in [0.5, 0.6) is 0 Å². The molecule has 0 atom stereocenters. The average Bonchev–Trinajstić information content (AvgIpc) is 3.17. The van der Waals surface area contributed by atoms with E-state index in [1.54, 1.807) is 0 Å². The van der Waals surface area contributed by atoms with Crippen molar-refractivity contribution in [2.45, 2.75) is 0 Å². The number of rotatable bonds is 8. The van der Waals surface area contributed by atoms with Crippen LogP contribution in [0.2, 0.25) is 0 Å². The van der Waals surface area contributed by atoms with Gasteiger partial charge >= 0.3 is 0 Å². The van der Waals surface area contributed by atoms with Gasteiger partial charge in [-0.25, -0.2) is 0 Å². The Morgan fingerprint density at radius 2 is 0.646 bits per heavy atom. The van der Waals surface area contributed by atoms with Crippen LogP contribution in [0.4, 0.5) is 34.1 Å². The molecule has 0 saturated heterocycles. The minimum absolute atomic E-state index is 1.10. The van der Waals surface area contributed by atoms with Crippen molar-refractivity contribution in [2.24, 2.45) is 0 Å². The SMILES string of the molecule is c1ccc(-c2cc(N(c3ccccc3)c3ccccc3)c3cc(N(c4ccccc4)c4ccccc4)c(-c4ccccc4)cc3c2)cc1. The van der Waals surface area contributed by atoms with E-state index in [0.717, 1.165) is 45.1 Å². The first kappa shape index (κ1) is 29.1. The maximum absolute atomic E-state index is 2.39. The monoisotopic (exact) mass is 614 g/mol. The van der Waals surface area contributed by atoms with E-state index in [4.69, 9.17) is 0 Å². The molecule has 0 fully saturated rings. The molecule has 0 amide bonds. The third-order valence-corrected chi connectivity index (χ3v) is 8.78. The Labute approximate surface area is 282 Å². The third-order valence-electron chi connectivity index (χ3n) is 8.78. The van der Waals surface area contributed by atoms with Crippen LogP contribution in [-0.2, 0) is 0 Å². The molecule has 8 aromatic carbocycles. The fourth-order valence-corrected chi connectivity index (χ4v) is 6.56. The number of benzene rings is 8. The molecule has 0 spiro atoms. The predicted octanol–water partition coefficient (Wildman–Crippen LogP) is 13.1. The molecule has 8 rings (SSSR count). The molecule has 48 heavy (non-hydrogen) atoms. The first-order valence-corrected chi connectivity index (χ1v) is 16.4. The van der Waals surface area contributed by atoms with Gasteiger partial charge in [-0.3, -0.25) is 0 Å². The van der Waals surface area contributed by atoms with Gasteiger partial charge in [-0.15, -0.1) is 0 Å². The van der Waals surface area contributed by atoms with Crippen LogP contribution >= 0.6 is 0 Å². The Kier molecular flexibility index (Phi) is 7.96. The lowest BCUT2D eigenvalue weighted by Gasteiger charge is -2.31. The Balaban J connectivity index is 1.49. The summed E-state index contributed by atoms with van der Waals surface area (Å²) in [5, 5.41) is 2.33. The molecule has 2 nitrogen and oxygen atoms in total. The lowest BCUT2D eigenvalue weighted by Crippen LogP contribution is -2.13. The summed E-state index contributed by atoms with van der Waals surface area (Å²) in [7, 11) is 0. The first-order valence-electron chi connectivity index (χ1n) is 16.4. The van der Waals surface area contributed by atoms with E-state index in [9.17, 15) is 0 Å². The summed E-state index contributed by atoms with van der Waals surface area (Å²) in [5.74, 6) is 0. The Bertz CT molecular complexity index is 2170. The molecule has 0 aliphatic carbocycles. The second kappa shape index (κ2) is 13.2. The van der Waals surface area contributed by atoms with Crippen LogP contribution in [0.15, 0.2) is 206 Å². The Morgan fingerprint density at radius 1 is 0.271 bits per heavy atom. The molecule has 0 unspecified atom stereocenters. The second-order valence-electron chi connectivity index (χ2n) is 11.8. The van der Waals surface area contributed by atoms with Gasteiger partial charge in [0.25, 0.3) is 0 Å². The van der Waals surface area contributed by atoms with Crippen molar-refractivity contribution in [1.29, 1.82) is 0 Å². The van der Waals surface area contributed by atoms with Gasteiger partial charge in [0.15, 0.2) is 0 Å². The molecule has 0 aliphatic heterocycles. The highest BCUT2D eigenvalue weighted by Crippen LogP contribution is 2.47. The van der Waals surface area contributed by atoms with E-state index >= 15 is 0 Å². The zero-order valence-corrected chi connectivity index (χ0v) is 26.5. The summed E-state index contributed by atoms with van der Waals surface area (Å²) < 4.78 is 0. The van der Waals surface area contributed by atoms with E-state index in [0.29, 0.717) is 0 Å². The van der Waals surface area contributed by atoms with Crippen molar-refractivity contribution >= 4 is 44.9 Å². The highest BCUT2D eigenvalue weighted by atomic mass is 15.2. The molecule has 0 heterocycles. The van der Waals surface area contributed by atoms with Gasteiger partial charge in [0, 0.05) is 33.7 Å². The second-order valence-corrected chi connectivity index (χ2v) is 11.8. The molecule has 228 valence electrons. The molecule has 8 aromatic rings. The quantitative estimate of drug-likeness (QED) is 0.168. The molecule has 0 N–H and O–H groups in total. The van der Waals surface area contributed by atoms with Crippen LogP contribution in [0.1, 0.15) is 0 Å². The number of nitrogens with zero attached hydrogens (tertiary/aromatic N) is 2. The minimum atomic E-state index is 1.10. The van der Waals surface area contributed by atoms with Crippen LogP contribution in [-0.4, -0.2) is 0 Å². The van der Waals surface area contributed by atoms with Gasteiger partial charge in [0.05, 0.1) is 11.4 Å². The van der Waals surface area contributed by atoms with Crippen molar-refractivity contribution in [2.75, 3.05) is 9.80 Å². The standard InChI is InChI=1S/C46H34N2/c1-7-19-35(20-8-1)37-31-38-32-43(36-21-9-2-10-22-36)46(48(41-27-15-5-16-28-41)42-29-17-6-18-30-42)34-44(38)45(33-37)47(39-23-11-3-12-24-39)40-25-13-4-14-26-40/h1-34H. The normalized spacial score (nSPS) is 10.9. The largest absolute Gasteiger partial charge is 0.310 e. The summed E-state index contributed by atoms with van der Waals surface area (Å²) in [5.41, 5.74) is 11.3. The summed E-state index contributed by atoms with van der Waals surface area (Å²) in [6.45, 7) is 0. The fraction of sp³-hybridized carbons (Fsp3) is 0. The lowest BCUT2D eigenvalue weighted by atomic mass is 9.93. The number of hydrogen-bond acceptors (Lipinski definition) is 2. The van der Waals surface area contributed by atoms with Crippen LogP contribution in [0.25, 0.3) is 33.0 Å². The van der Waals surface area contributed by atoms with Crippen molar-refractivity contribution < 1.29 is 0 Å². The van der Waals surface area contributed by atoms with Crippen LogP contribution < -0.4 is 9.80 Å². The van der Waals surface area contributed by atoms with Crippen LogP contribution in [0, 0.1) is 0 Å². The minimum Gasteiger partial charge on any atom is -0.310 e. The third kappa shape index (κ3) is 5.72. The van der Waals surface area contributed by atoms with Gasteiger partial charge in [0.1, 0.15) is 0 Å². The van der Waals surface area contributed by atoms with E-state index < -0.39 is 0 Å². The highest BCUT2D eigenvalue weighted by Gasteiger charge is 2.22. The number of fused-ring (bicyclic) bond motifs is 1. The highest BCUT2D eigenvalue weighted by molar-refractivity contribution is 6.07. The van der Waals surface area contributed by atoms with Gasteiger partial charge in [-0.05, 0) is 94.9 Å². The smallest absolute Gasteiger partial charge is 0.0547 e. The number of para-hydroxylation sites is 4. The summed E-state index contributed by atoms with van der Waals surface area (Å²) in [6.07, 6.45) is 0. The van der Waals surface area contributed by atoms with E-state index in [-0.39, 0.29) is 0 Å². The van der Waals surface area contributed by atoms with Crippen LogP contribution in [0.3, 0.4) is 0 Å². The molecule has 0 aromatic heterocycles. The van der Waals surface area contributed by atoms with Gasteiger partial charge in [-0.1, -0.05) is 133 Å². The molecule has 0 bridgehead atoms. The van der Waals surface area contributed by atoms with Crippen molar-refractivity contribution in [3.63, 3.8) is 0 Å². The predicted molar refractivity (Wildman–Crippen MR) is 204 cm³/mol. The van der Waals surface area contributed by atoms with Crippen molar-refractivity contribution in [3.8, 4) is 22.3 Å². The molecule has 0 saturated carbocycles. The van der Waals surface area contributed by atoms with Gasteiger partial charge in [0.2, 0.25) is 0 Å². The Morgan fingerprint density at radius 3 is 1.08 bits per heavy atom. The summed E-state index contributed by atoms with van der Waals surface area (Å²) in [4.78, 5) is 4.77. The summed E-state index contributed by atoms with van der Waals surface area (Å²) >= 11 is 0. The Hall–Kier alpha value is -6.38. The fourth-order valence-electron chi connectivity index (χ4n) is 6.56. The van der Waals surface area contributed by atoms with E-state index in [1.807, 2.05) is 0 Å². The average molecular weight is 615 g/mol. The maximum atomic E-state index is 2.39. The van der Waals surface area contributed by atoms with Crippen molar-refractivity contribution in [1.82, 2.24) is 0 Å². The number of hydrogen-bond donors (Lipinski definition) is 0. The lowest BCUT2D eigenvalue weighted by molar-refractivity contribution is 1.28. The zero-order valence-electron chi connectivity index (χ0n) is 26.5.